The molecule has 0 aliphatic rings. The highest BCUT2D eigenvalue weighted by Crippen LogP contribution is 2.21. The predicted molar refractivity (Wildman–Crippen MR) is 109 cm³/mol. The predicted octanol–water partition coefficient (Wildman–Crippen LogP) is 3.23. The average molecular weight is 407 g/mol. The van der Waals surface area contributed by atoms with Gasteiger partial charge in [0.25, 0.3) is 5.91 Å². The van der Waals surface area contributed by atoms with Crippen LogP contribution in [0.15, 0.2) is 72.8 Å². The highest BCUT2D eigenvalue weighted by Gasteiger charge is 2.22. The molecule has 8 heteroatoms. The molecule has 0 unspecified atom stereocenters. The van der Waals surface area contributed by atoms with E-state index in [-0.39, 0.29) is 6.42 Å². The van der Waals surface area contributed by atoms with Crippen LogP contribution in [0.4, 0.5) is 10.1 Å². The monoisotopic (exact) mass is 407 g/mol. The summed E-state index contributed by atoms with van der Waals surface area (Å²) in [5.74, 6) is -2.31. The van der Waals surface area contributed by atoms with E-state index in [0.29, 0.717) is 11.1 Å². The van der Waals surface area contributed by atoms with Crippen molar-refractivity contribution in [3.05, 3.63) is 99.9 Å². The van der Waals surface area contributed by atoms with E-state index in [9.17, 15) is 24.1 Å². The molecule has 3 rings (SSSR count). The van der Waals surface area contributed by atoms with Gasteiger partial charge in [-0.15, -0.1) is 0 Å². The number of hydrogen-bond donors (Lipinski definition) is 2. The number of rotatable bonds is 7. The molecule has 0 spiro atoms. The molecule has 3 N–H and O–H groups in total. The number of benzene rings is 3. The molecule has 152 valence electrons. The molecule has 1 atom stereocenters. The van der Waals surface area contributed by atoms with Gasteiger partial charge in [-0.05, 0) is 34.9 Å². The Hall–Kier alpha value is -4.07. The Kier molecular flexibility index (Phi) is 6.17. The summed E-state index contributed by atoms with van der Waals surface area (Å²) in [6.07, 6.45) is -0.107. The number of nitro groups is 1. The van der Waals surface area contributed by atoms with Crippen molar-refractivity contribution in [2.75, 3.05) is 0 Å². The minimum Gasteiger partial charge on any atom is -0.368 e. The van der Waals surface area contributed by atoms with Crippen LogP contribution in [-0.4, -0.2) is 22.8 Å². The normalized spacial score (nSPS) is 11.5. The zero-order chi connectivity index (χ0) is 21.7. The molecule has 0 saturated carbocycles. The second kappa shape index (κ2) is 8.95. The fourth-order valence-corrected chi connectivity index (χ4v) is 2.97. The third-order valence-electron chi connectivity index (χ3n) is 4.55. The molecule has 0 bridgehead atoms. The van der Waals surface area contributed by atoms with E-state index in [4.69, 9.17) is 5.73 Å². The van der Waals surface area contributed by atoms with E-state index in [1.54, 1.807) is 24.3 Å². The van der Waals surface area contributed by atoms with Crippen molar-refractivity contribution in [1.29, 1.82) is 0 Å². The van der Waals surface area contributed by atoms with Crippen LogP contribution >= 0.6 is 0 Å². The van der Waals surface area contributed by atoms with Gasteiger partial charge in [0.15, 0.2) is 0 Å². The maximum atomic E-state index is 13.5. The number of amides is 2. The molecule has 30 heavy (non-hydrogen) atoms. The molecule has 0 aromatic heterocycles. The number of carbonyl (C=O) groups excluding carboxylic acids is 2. The van der Waals surface area contributed by atoms with E-state index in [2.05, 4.69) is 5.32 Å². The minimum atomic E-state index is -1.11. The third kappa shape index (κ3) is 4.85. The average Bonchev–Trinajstić information content (AvgIpc) is 2.75. The lowest BCUT2D eigenvalue weighted by Crippen LogP contribution is -2.45. The van der Waals surface area contributed by atoms with Gasteiger partial charge in [-0.2, -0.15) is 4.39 Å². The van der Waals surface area contributed by atoms with E-state index in [1.807, 2.05) is 30.3 Å². The van der Waals surface area contributed by atoms with Gasteiger partial charge in [-0.25, -0.2) is 0 Å². The van der Waals surface area contributed by atoms with Crippen molar-refractivity contribution in [3.8, 4) is 11.1 Å². The third-order valence-corrected chi connectivity index (χ3v) is 4.55. The first-order chi connectivity index (χ1) is 14.3. The van der Waals surface area contributed by atoms with Crippen LogP contribution in [0.1, 0.15) is 15.9 Å². The molecule has 0 aliphatic carbocycles. The molecule has 3 aromatic rings. The van der Waals surface area contributed by atoms with Crippen LogP contribution < -0.4 is 11.1 Å². The number of nitro benzene ring substituents is 1. The fraction of sp³-hybridized carbons (Fsp3) is 0.0909. The molecule has 0 aliphatic heterocycles. The molecule has 3 aromatic carbocycles. The van der Waals surface area contributed by atoms with Gasteiger partial charge in [0.05, 0.1) is 4.92 Å². The van der Waals surface area contributed by atoms with Crippen molar-refractivity contribution in [2.45, 2.75) is 12.5 Å². The summed E-state index contributed by atoms with van der Waals surface area (Å²) in [7, 11) is 0. The Morgan fingerprint density at radius 1 is 1.00 bits per heavy atom. The Labute approximate surface area is 171 Å². The molecule has 2 amide bonds. The molecular weight excluding hydrogens is 389 g/mol. The maximum Gasteiger partial charge on any atom is 0.305 e. The number of halogens is 1. The van der Waals surface area contributed by atoms with Crippen LogP contribution in [-0.2, 0) is 11.2 Å². The summed E-state index contributed by atoms with van der Waals surface area (Å²) < 4.78 is 13.5. The summed E-state index contributed by atoms with van der Waals surface area (Å²) in [6.45, 7) is 0. The number of hydrogen-bond acceptors (Lipinski definition) is 4. The van der Waals surface area contributed by atoms with Crippen LogP contribution in [0.2, 0.25) is 0 Å². The molecule has 0 fully saturated rings. The lowest BCUT2D eigenvalue weighted by atomic mass is 10.0. The Morgan fingerprint density at radius 2 is 1.63 bits per heavy atom. The standard InChI is InChI=1S/C22H18FN3O4/c23-18-11-6-14(13-20(18)26(29)30)12-19(21(24)27)25-22(28)17-9-7-16(8-10-17)15-4-2-1-3-5-15/h1-11,13,19H,12H2,(H2,24,27)(H,25,28)/t19-/m0/s1. The number of nitrogens with one attached hydrogen (secondary N) is 1. The van der Waals surface area contributed by atoms with Crippen LogP contribution in [0, 0.1) is 15.9 Å². The summed E-state index contributed by atoms with van der Waals surface area (Å²) in [4.78, 5) is 34.4. The smallest absolute Gasteiger partial charge is 0.305 e. The van der Waals surface area contributed by atoms with Gasteiger partial charge in [0, 0.05) is 18.1 Å². The molecule has 0 heterocycles. The van der Waals surface area contributed by atoms with Crippen LogP contribution in [0.5, 0.6) is 0 Å². The number of primary amides is 1. The second-order valence-corrected chi connectivity index (χ2v) is 6.62. The number of nitrogens with zero attached hydrogens (tertiary/aromatic N) is 1. The lowest BCUT2D eigenvalue weighted by Gasteiger charge is -2.16. The largest absolute Gasteiger partial charge is 0.368 e. The summed E-state index contributed by atoms with van der Waals surface area (Å²) >= 11 is 0. The van der Waals surface area contributed by atoms with Gasteiger partial charge in [-0.3, -0.25) is 19.7 Å². The van der Waals surface area contributed by atoms with Gasteiger partial charge in [0.2, 0.25) is 11.7 Å². The van der Waals surface area contributed by atoms with E-state index >= 15 is 0 Å². The zero-order valence-corrected chi connectivity index (χ0v) is 15.7. The second-order valence-electron chi connectivity index (χ2n) is 6.62. The van der Waals surface area contributed by atoms with Crippen molar-refractivity contribution >= 4 is 17.5 Å². The summed E-state index contributed by atoms with van der Waals surface area (Å²) in [5, 5.41) is 13.4. The first kappa shape index (κ1) is 20.7. The molecular formula is C22H18FN3O4. The topological polar surface area (TPSA) is 115 Å². The maximum absolute atomic E-state index is 13.5. The quantitative estimate of drug-likeness (QED) is 0.462. The fourth-order valence-electron chi connectivity index (χ4n) is 2.97. The van der Waals surface area contributed by atoms with Crippen molar-refractivity contribution in [1.82, 2.24) is 5.32 Å². The van der Waals surface area contributed by atoms with E-state index in [0.717, 1.165) is 23.3 Å². The first-order valence-corrected chi connectivity index (χ1v) is 9.03. The Bertz CT molecular complexity index is 1090. The highest BCUT2D eigenvalue weighted by molar-refractivity contribution is 5.97. The minimum absolute atomic E-state index is 0.107. The number of carbonyl (C=O) groups is 2. The van der Waals surface area contributed by atoms with Gasteiger partial charge >= 0.3 is 5.69 Å². The van der Waals surface area contributed by atoms with Gasteiger partial charge in [-0.1, -0.05) is 48.5 Å². The highest BCUT2D eigenvalue weighted by atomic mass is 19.1. The van der Waals surface area contributed by atoms with Crippen LogP contribution in [0.3, 0.4) is 0 Å². The van der Waals surface area contributed by atoms with Crippen molar-refractivity contribution in [3.63, 3.8) is 0 Å². The molecule has 7 nitrogen and oxygen atoms in total. The first-order valence-electron chi connectivity index (χ1n) is 9.03. The van der Waals surface area contributed by atoms with E-state index in [1.165, 1.54) is 6.07 Å². The van der Waals surface area contributed by atoms with Crippen molar-refractivity contribution < 1.29 is 18.9 Å². The van der Waals surface area contributed by atoms with Gasteiger partial charge in [0.1, 0.15) is 6.04 Å². The Balaban J connectivity index is 1.74. The Morgan fingerprint density at radius 3 is 2.23 bits per heavy atom. The van der Waals surface area contributed by atoms with Crippen molar-refractivity contribution in [2.24, 2.45) is 5.73 Å². The lowest BCUT2D eigenvalue weighted by molar-refractivity contribution is -0.387. The summed E-state index contributed by atoms with van der Waals surface area (Å²) in [5.41, 5.74) is 7.22. The molecule has 0 saturated heterocycles. The summed E-state index contributed by atoms with van der Waals surface area (Å²) in [6, 6.07) is 18.6. The van der Waals surface area contributed by atoms with Crippen LogP contribution in [0.25, 0.3) is 11.1 Å². The molecule has 0 radical (unpaired) electrons. The SMILES string of the molecule is NC(=O)[C@H](Cc1ccc(F)c([N+](=O)[O-])c1)NC(=O)c1ccc(-c2ccccc2)cc1. The zero-order valence-electron chi connectivity index (χ0n) is 15.7. The van der Waals surface area contributed by atoms with Gasteiger partial charge < -0.3 is 11.1 Å². The number of nitrogens with two attached hydrogens (primary N) is 1. The van der Waals surface area contributed by atoms with E-state index < -0.39 is 34.3 Å².